The third kappa shape index (κ3) is 20.9. The van der Waals surface area contributed by atoms with Gasteiger partial charge in [0.2, 0.25) is 11.7 Å². The highest BCUT2D eigenvalue weighted by Crippen LogP contribution is 2.13. The number of nitrogens with one attached hydrogen (secondary N) is 1. The molecule has 1 aliphatic heterocycles. The number of carbonyl (C=O) groups excluding carboxylic acids is 1. The summed E-state index contributed by atoms with van der Waals surface area (Å²) in [5.74, 6) is 1.71. The molecule has 0 spiro atoms. The fourth-order valence-corrected chi connectivity index (χ4v) is 5.41. The lowest BCUT2D eigenvalue weighted by atomic mass is 10.1. The SMILES string of the molecule is CCCC/C=C/CCCCCCCC(=O)NCCN1CC[N+](C)=C1CCCCCCC/C=C/CCCCCC. The Morgan fingerprint density at radius 2 is 1.23 bits per heavy atom. The van der Waals surface area contributed by atoms with Crippen LogP contribution in [-0.2, 0) is 4.79 Å². The second-order valence-corrected chi connectivity index (χ2v) is 11.7. The summed E-state index contributed by atoms with van der Waals surface area (Å²) < 4.78 is 2.42. The normalized spacial score (nSPS) is 14.0. The number of carbonyl (C=O) groups is 1. The van der Waals surface area contributed by atoms with E-state index >= 15 is 0 Å². The van der Waals surface area contributed by atoms with E-state index in [9.17, 15) is 4.79 Å². The number of unbranched alkanes of at least 4 members (excludes halogenated alkanes) is 16. The van der Waals surface area contributed by atoms with Gasteiger partial charge in [-0.1, -0.05) is 109 Å². The topological polar surface area (TPSA) is 35.4 Å². The van der Waals surface area contributed by atoms with Crippen LogP contribution >= 0.6 is 0 Å². The molecule has 226 valence electrons. The van der Waals surface area contributed by atoms with Gasteiger partial charge in [0.25, 0.3) is 0 Å². The molecule has 0 saturated carbocycles. The minimum Gasteiger partial charge on any atom is -0.352 e. The fraction of sp³-hybridized carbons (Fsp3) is 0.829. The molecule has 39 heavy (non-hydrogen) atoms. The largest absolute Gasteiger partial charge is 0.352 e. The van der Waals surface area contributed by atoms with Crippen molar-refractivity contribution in [3.8, 4) is 0 Å². The lowest BCUT2D eigenvalue weighted by Crippen LogP contribution is -2.37. The summed E-state index contributed by atoms with van der Waals surface area (Å²) in [6.07, 6.45) is 37.1. The molecule has 0 fully saturated rings. The lowest BCUT2D eigenvalue weighted by Gasteiger charge is -2.14. The van der Waals surface area contributed by atoms with Crippen LogP contribution in [0.2, 0.25) is 0 Å². The highest BCUT2D eigenvalue weighted by molar-refractivity contribution is 5.78. The van der Waals surface area contributed by atoms with Crippen LogP contribution in [0, 0.1) is 0 Å². The van der Waals surface area contributed by atoms with E-state index in [0.717, 1.165) is 32.6 Å². The van der Waals surface area contributed by atoms with Gasteiger partial charge in [0.1, 0.15) is 19.6 Å². The van der Waals surface area contributed by atoms with Gasteiger partial charge in [-0.15, -0.1) is 0 Å². The van der Waals surface area contributed by atoms with Gasteiger partial charge in [-0.05, 0) is 57.8 Å². The van der Waals surface area contributed by atoms with Crippen molar-refractivity contribution in [1.82, 2.24) is 10.2 Å². The van der Waals surface area contributed by atoms with Crippen molar-refractivity contribution < 1.29 is 9.37 Å². The fourth-order valence-electron chi connectivity index (χ4n) is 5.41. The summed E-state index contributed by atoms with van der Waals surface area (Å²) >= 11 is 0. The molecule has 0 atom stereocenters. The maximum atomic E-state index is 12.3. The first-order chi connectivity index (χ1) is 19.2. The molecular formula is C35H66N3O+. The number of nitrogens with zero attached hydrogens (tertiary/aromatic N) is 2. The zero-order valence-electron chi connectivity index (χ0n) is 26.5. The van der Waals surface area contributed by atoms with Gasteiger partial charge in [0, 0.05) is 12.8 Å². The first kappa shape index (κ1) is 35.4. The Morgan fingerprint density at radius 3 is 1.85 bits per heavy atom. The zero-order valence-corrected chi connectivity index (χ0v) is 26.5. The average molecular weight is 545 g/mol. The predicted octanol–water partition coefficient (Wildman–Crippen LogP) is 9.19. The zero-order chi connectivity index (χ0) is 28.2. The van der Waals surface area contributed by atoms with Crippen molar-refractivity contribution in [3.05, 3.63) is 24.3 Å². The Bertz CT molecular complexity index is 667. The van der Waals surface area contributed by atoms with E-state index in [1.807, 2.05) is 0 Å². The van der Waals surface area contributed by atoms with Crippen molar-refractivity contribution in [1.29, 1.82) is 0 Å². The van der Waals surface area contributed by atoms with Crippen molar-refractivity contribution in [2.45, 2.75) is 155 Å². The van der Waals surface area contributed by atoms with Crippen LogP contribution in [0.1, 0.15) is 155 Å². The van der Waals surface area contributed by atoms with E-state index in [-0.39, 0.29) is 5.91 Å². The molecule has 4 nitrogen and oxygen atoms in total. The van der Waals surface area contributed by atoms with Crippen molar-refractivity contribution in [2.24, 2.45) is 0 Å². The summed E-state index contributed by atoms with van der Waals surface area (Å²) in [6.45, 7) is 8.45. The summed E-state index contributed by atoms with van der Waals surface area (Å²) in [4.78, 5) is 14.8. The van der Waals surface area contributed by atoms with Gasteiger partial charge in [0.05, 0.1) is 13.6 Å². The Hall–Kier alpha value is -1.58. The standard InChI is InChI=1S/C35H65N3O/c1-4-6-8-10-12-14-16-17-19-21-23-25-27-29-35-37(3)32-33-38(35)31-30-36-34(39)28-26-24-22-20-18-15-13-11-9-7-5-2/h11,13-14,16H,4-10,12,15,17-33H2,1-3H3/p+1/b13-11+,16-14+. The number of hydrogen-bond donors (Lipinski definition) is 1. The maximum absolute atomic E-state index is 12.3. The van der Waals surface area contributed by atoms with E-state index in [2.05, 4.69) is 60.0 Å². The summed E-state index contributed by atoms with van der Waals surface area (Å²) in [6, 6.07) is 0. The number of amides is 1. The smallest absolute Gasteiger partial charge is 0.246 e. The minimum absolute atomic E-state index is 0.231. The van der Waals surface area contributed by atoms with Crippen LogP contribution in [0.15, 0.2) is 24.3 Å². The van der Waals surface area contributed by atoms with Crippen LogP contribution in [0.25, 0.3) is 0 Å². The molecule has 0 radical (unpaired) electrons. The van der Waals surface area contributed by atoms with Gasteiger partial charge in [-0.25, -0.2) is 0 Å². The van der Waals surface area contributed by atoms with Crippen molar-refractivity contribution >= 4 is 11.7 Å². The van der Waals surface area contributed by atoms with Crippen LogP contribution in [-0.4, -0.2) is 54.4 Å². The van der Waals surface area contributed by atoms with E-state index in [1.165, 1.54) is 134 Å². The molecule has 0 aromatic carbocycles. The number of allylic oxidation sites excluding steroid dienone is 4. The number of amidine groups is 1. The van der Waals surface area contributed by atoms with E-state index < -0.39 is 0 Å². The molecule has 1 amide bonds. The van der Waals surface area contributed by atoms with Gasteiger partial charge >= 0.3 is 0 Å². The summed E-state index contributed by atoms with van der Waals surface area (Å²) in [7, 11) is 2.23. The van der Waals surface area contributed by atoms with E-state index in [1.54, 1.807) is 0 Å². The van der Waals surface area contributed by atoms with E-state index in [4.69, 9.17) is 0 Å². The third-order valence-electron chi connectivity index (χ3n) is 8.04. The minimum atomic E-state index is 0.231. The molecule has 0 saturated heterocycles. The Balaban J connectivity index is 2.00. The highest BCUT2D eigenvalue weighted by atomic mass is 16.1. The van der Waals surface area contributed by atoms with Gasteiger partial charge < -0.3 is 5.32 Å². The van der Waals surface area contributed by atoms with Crippen molar-refractivity contribution in [3.63, 3.8) is 0 Å². The van der Waals surface area contributed by atoms with Crippen LogP contribution in [0.3, 0.4) is 0 Å². The molecule has 0 aliphatic carbocycles. The molecule has 1 N–H and O–H groups in total. The van der Waals surface area contributed by atoms with Crippen LogP contribution in [0.4, 0.5) is 0 Å². The first-order valence-electron chi connectivity index (χ1n) is 17.1. The molecule has 1 rings (SSSR count). The van der Waals surface area contributed by atoms with E-state index in [0.29, 0.717) is 6.42 Å². The summed E-state index contributed by atoms with van der Waals surface area (Å²) in [5.41, 5.74) is 0. The second kappa shape index (κ2) is 26.6. The molecule has 1 heterocycles. The molecule has 0 aromatic heterocycles. The molecule has 0 aromatic rings. The lowest BCUT2D eigenvalue weighted by molar-refractivity contribution is -0.487. The Morgan fingerprint density at radius 1 is 0.718 bits per heavy atom. The number of hydrogen-bond acceptors (Lipinski definition) is 2. The van der Waals surface area contributed by atoms with Crippen LogP contribution in [0.5, 0.6) is 0 Å². The molecule has 0 unspecified atom stereocenters. The number of rotatable bonds is 27. The summed E-state index contributed by atoms with van der Waals surface area (Å²) in [5, 5.41) is 3.17. The molecular weight excluding hydrogens is 478 g/mol. The Kier molecular flexibility index (Phi) is 24.2. The molecule has 4 heteroatoms. The number of likely N-dealkylation sites (N-methyl/N-ethyl adjacent to an activating group) is 1. The quantitative estimate of drug-likeness (QED) is 0.0635. The van der Waals surface area contributed by atoms with Gasteiger partial charge in [-0.2, -0.15) is 0 Å². The van der Waals surface area contributed by atoms with Gasteiger partial charge in [0.15, 0.2) is 0 Å². The van der Waals surface area contributed by atoms with Crippen LogP contribution < -0.4 is 5.32 Å². The maximum Gasteiger partial charge on any atom is 0.246 e. The Labute approximate surface area is 243 Å². The predicted molar refractivity (Wildman–Crippen MR) is 172 cm³/mol. The molecule has 1 aliphatic rings. The van der Waals surface area contributed by atoms with Crippen molar-refractivity contribution in [2.75, 3.05) is 33.2 Å². The first-order valence-corrected chi connectivity index (χ1v) is 17.1. The monoisotopic (exact) mass is 545 g/mol. The average Bonchev–Trinajstić information content (AvgIpc) is 3.28. The second-order valence-electron chi connectivity index (χ2n) is 11.7. The molecule has 0 bridgehead atoms. The third-order valence-corrected chi connectivity index (χ3v) is 8.04. The highest BCUT2D eigenvalue weighted by Gasteiger charge is 2.27. The van der Waals surface area contributed by atoms with Gasteiger partial charge in [-0.3, -0.25) is 14.3 Å².